The lowest BCUT2D eigenvalue weighted by atomic mass is 10.3. The van der Waals surface area contributed by atoms with Crippen LogP contribution in [0.1, 0.15) is 12.6 Å². The van der Waals surface area contributed by atoms with Gasteiger partial charge in [0.2, 0.25) is 0 Å². The molecule has 0 aliphatic carbocycles. The number of nitrogens with one attached hydrogen (secondary N) is 1. The summed E-state index contributed by atoms with van der Waals surface area (Å²) < 4.78 is 0. The number of pyridine rings is 1. The molecule has 0 atom stereocenters. The molecule has 80 valence electrons. The van der Waals surface area contributed by atoms with E-state index in [0.29, 0.717) is 5.82 Å². The third-order valence-corrected chi connectivity index (χ3v) is 1.94. The summed E-state index contributed by atoms with van der Waals surface area (Å²) in [5, 5.41) is 4.17. The Bertz CT molecular complexity index is 466. The molecule has 0 aliphatic rings. The Kier molecular flexibility index (Phi) is 3.18. The van der Waals surface area contributed by atoms with Gasteiger partial charge in [-0.1, -0.05) is 6.07 Å². The predicted molar refractivity (Wildman–Crippen MR) is 62.1 cm³/mol. The maximum Gasteiger partial charge on any atom is 0.164 e. The van der Waals surface area contributed by atoms with Gasteiger partial charge in [0, 0.05) is 18.6 Å². The van der Waals surface area contributed by atoms with E-state index in [-0.39, 0.29) is 0 Å². The van der Waals surface area contributed by atoms with E-state index < -0.39 is 0 Å². The molecule has 0 spiro atoms. The normalized spacial score (nSPS) is 11.2. The van der Waals surface area contributed by atoms with Gasteiger partial charge in [-0.15, -0.1) is 0 Å². The third kappa shape index (κ3) is 2.60. The first-order chi connectivity index (χ1) is 7.86. The van der Waals surface area contributed by atoms with E-state index in [1.165, 1.54) is 0 Å². The summed E-state index contributed by atoms with van der Waals surface area (Å²) in [4.78, 5) is 12.2. The molecule has 0 amide bonds. The molecule has 0 unspecified atom stereocenters. The summed E-state index contributed by atoms with van der Waals surface area (Å²) in [5.74, 6) is 0.609. The zero-order valence-electron chi connectivity index (χ0n) is 8.83. The van der Waals surface area contributed by atoms with Gasteiger partial charge in [0.1, 0.15) is 0 Å². The van der Waals surface area contributed by atoms with Gasteiger partial charge in [0.05, 0.1) is 17.6 Å². The van der Waals surface area contributed by atoms with E-state index in [9.17, 15) is 0 Å². The van der Waals surface area contributed by atoms with Gasteiger partial charge in [-0.3, -0.25) is 15.4 Å². The molecule has 0 aromatic carbocycles. The first kappa shape index (κ1) is 10.2. The van der Waals surface area contributed by atoms with Crippen molar-refractivity contribution in [1.29, 1.82) is 0 Å². The third-order valence-electron chi connectivity index (χ3n) is 1.94. The van der Waals surface area contributed by atoms with Gasteiger partial charge in [0.15, 0.2) is 5.82 Å². The number of anilines is 1. The highest BCUT2D eigenvalue weighted by molar-refractivity contribution is 5.97. The minimum absolute atomic E-state index is 0.609. The Morgan fingerprint density at radius 1 is 1.19 bits per heavy atom. The Balaban J connectivity index is 2.09. The van der Waals surface area contributed by atoms with E-state index >= 15 is 0 Å². The number of aromatic nitrogens is 3. The van der Waals surface area contributed by atoms with Crippen molar-refractivity contribution in [3.8, 4) is 0 Å². The van der Waals surface area contributed by atoms with E-state index in [0.717, 1.165) is 11.4 Å². The highest BCUT2D eigenvalue weighted by atomic mass is 15.3. The summed E-state index contributed by atoms with van der Waals surface area (Å²) >= 11 is 0. The number of hydrogen-bond acceptors (Lipinski definition) is 5. The summed E-state index contributed by atoms with van der Waals surface area (Å²) in [6.07, 6.45) is 6.56. The van der Waals surface area contributed by atoms with Crippen LogP contribution >= 0.6 is 0 Å². The van der Waals surface area contributed by atoms with Gasteiger partial charge >= 0.3 is 0 Å². The van der Waals surface area contributed by atoms with Crippen molar-refractivity contribution in [2.45, 2.75) is 6.92 Å². The van der Waals surface area contributed by atoms with E-state index in [4.69, 9.17) is 0 Å². The van der Waals surface area contributed by atoms with Gasteiger partial charge in [0.25, 0.3) is 0 Å². The van der Waals surface area contributed by atoms with Gasteiger partial charge in [-0.05, 0) is 19.1 Å². The monoisotopic (exact) mass is 213 g/mol. The van der Waals surface area contributed by atoms with E-state index in [2.05, 4.69) is 25.5 Å². The summed E-state index contributed by atoms with van der Waals surface area (Å²) in [6.45, 7) is 1.88. The minimum Gasteiger partial charge on any atom is -0.260 e. The van der Waals surface area contributed by atoms with Gasteiger partial charge in [-0.25, -0.2) is 4.98 Å². The lowest BCUT2D eigenvalue weighted by Crippen LogP contribution is -2.02. The van der Waals surface area contributed by atoms with Crippen LogP contribution in [0.15, 0.2) is 48.1 Å². The number of hydrogen-bond donors (Lipinski definition) is 1. The first-order valence-electron chi connectivity index (χ1n) is 4.84. The van der Waals surface area contributed by atoms with E-state index in [1.807, 2.05) is 25.1 Å². The molecular weight excluding hydrogens is 202 g/mol. The van der Waals surface area contributed by atoms with Crippen molar-refractivity contribution in [3.63, 3.8) is 0 Å². The van der Waals surface area contributed by atoms with Crippen LogP contribution in [-0.2, 0) is 0 Å². The largest absolute Gasteiger partial charge is 0.260 e. The Labute approximate surface area is 93.3 Å². The van der Waals surface area contributed by atoms with Crippen molar-refractivity contribution in [1.82, 2.24) is 15.0 Å². The Hall–Kier alpha value is -2.30. The Morgan fingerprint density at radius 2 is 2.12 bits per heavy atom. The second kappa shape index (κ2) is 4.97. The van der Waals surface area contributed by atoms with Crippen LogP contribution in [0.5, 0.6) is 0 Å². The number of nitrogens with zero attached hydrogens (tertiary/aromatic N) is 4. The molecule has 0 bridgehead atoms. The Morgan fingerprint density at radius 3 is 2.81 bits per heavy atom. The fraction of sp³-hybridized carbons (Fsp3) is 0.0909. The minimum atomic E-state index is 0.609. The van der Waals surface area contributed by atoms with Crippen LogP contribution in [0, 0.1) is 0 Å². The summed E-state index contributed by atoms with van der Waals surface area (Å²) in [7, 11) is 0. The SMILES string of the molecule is C/C(=N/Nc1cnccn1)c1ccccn1. The predicted octanol–water partition coefficient (Wildman–Crippen LogP) is 1.71. The maximum atomic E-state index is 4.18. The molecule has 5 heteroatoms. The molecule has 2 rings (SSSR count). The zero-order valence-corrected chi connectivity index (χ0v) is 8.83. The van der Waals surface area contributed by atoms with Crippen molar-refractivity contribution in [2.24, 2.45) is 5.10 Å². The molecule has 2 heterocycles. The van der Waals surface area contributed by atoms with Crippen molar-refractivity contribution < 1.29 is 0 Å². The van der Waals surface area contributed by atoms with Crippen LogP contribution < -0.4 is 5.43 Å². The molecule has 0 saturated carbocycles. The highest BCUT2D eigenvalue weighted by Crippen LogP contribution is 2.00. The average Bonchev–Trinajstić information content (AvgIpc) is 2.38. The topological polar surface area (TPSA) is 63.1 Å². The molecule has 0 saturated heterocycles. The lowest BCUT2D eigenvalue weighted by Gasteiger charge is -2.00. The molecule has 5 nitrogen and oxygen atoms in total. The molecular formula is C11H11N5. The fourth-order valence-corrected chi connectivity index (χ4v) is 1.13. The van der Waals surface area contributed by atoms with Crippen LogP contribution in [-0.4, -0.2) is 20.7 Å². The first-order valence-corrected chi connectivity index (χ1v) is 4.84. The highest BCUT2D eigenvalue weighted by Gasteiger charge is 1.97. The zero-order chi connectivity index (χ0) is 11.2. The molecule has 16 heavy (non-hydrogen) atoms. The second-order valence-electron chi connectivity index (χ2n) is 3.11. The molecule has 2 aromatic rings. The molecule has 1 N–H and O–H groups in total. The smallest absolute Gasteiger partial charge is 0.164 e. The summed E-state index contributed by atoms with van der Waals surface area (Å²) in [5.41, 5.74) is 4.45. The van der Waals surface area contributed by atoms with Gasteiger partial charge < -0.3 is 0 Å². The lowest BCUT2D eigenvalue weighted by molar-refractivity contribution is 1.15. The number of rotatable bonds is 3. The van der Waals surface area contributed by atoms with Crippen molar-refractivity contribution >= 4 is 11.5 Å². The second-order valence-corrected chi connectivity index (χ2v) is 3.11. The van der Waals surface area contributed by atoms with Crippen LogP contribution in [0.4, 0.5) is 5.82 Å². The summed E-state index contributed by atoms with van der Waals surface area (Å²) in [6, 6.07) is 5.69. The van der Waals surface area contributed by atoms with Crippen molar-refractivity contribution in [3.05, 3.63) is 48.7 Å². The quantitative estimate of drug-likeness (QED) is 0.622. The standard InChI is InChI=1S/C11H11N5/c1-9(10-4-2-3-5-13-10)15-16-11-8-12-6-7-14-11/h2-8H,1H3,(H,14,16)/b15-9-. The molecule has 0 radical (unpaired) electrons. The van der Waals surface area contributed by atoms with Gasteiger partial charge in [-0.2, -0.15) is 5.10 Å². The van der Waals surface area contributed by atoms with E-state index in [1.54, 1.807) is 24.8 Å². The van der Waals surface area contributed by atoms with Crippen LogP contribution in [0.25, 0.3) is 0 Å². The maximum absolute atomic E-state index is 4.18. The molecule has 0 fully saturated rings. The fourth-order valence-electron chi connectivity index (χ4n) is 1.13. The molecule has 0 aliphatic heterocycles. The van der Waals surface area contributed by atoms with Crippen LogP contribution in [0.2, 0.25) is 0 Å². The molecule has 2 aromatic heterocycles. The van der Waals surface area contributed by atoms with Crippen molar-refractivity contribution in [2.75, 3.05) is 5.43 Å². The van der Waals surface area contributed by atoms with Crippen LogP contribution in [0.3, 0.4) is 0 Å². The average molecular weight is 213 g/mol. The number of hydrazone groups is 1.